The molecule has 28 heavy (non-hydrogen) atoms. The summed E-state index contributed by atoms with van der Waals surface area (Å²) < 4.78 is 11.7. The van der Waals surface area contributed by atoms with Crippen LogP contribution in [0.15, 0.2) is 71.3 Å². The molecule has 2 aromatic heterocycles. The molecular formula is C24H22N2O2. The molecule has 5 rings (SSSR count). The molecule has 0 spiro atoms. The quantitative estimate of drug-likeness (QED) is 0.515. The first-order chi connectivity index (χ1) is 13.7. The third-order valence-corrected chi connectivity index (χ3v) is 5.80. The van der Waals surface area contributed by atoms with Crippen molar-refractivity contribution in [1.82, 2.24) is 4.98 Å². The number of methoxy groups -OCH3 is 1. The van der Waals surface area contributed by atoms with Crippen LogP contribution in [-0.2, 0) is 5.54 Å². The molecule has 0 amide bonds. The second kappa shape index (κ2) is 6.50. The molecular weight excluding hydrogens is 348 g/mol. The number of aromatic nitrogens is 1. The number of ether oxygens (including phenoxy) is 1. The molecule has 1 saturated carbocycles. The van der Waals surface area contributed by atoms with Crippen LogP contribution in [0.4, 0.5) is 0 Å². The number of nitrogens with zero attached hydrogens (tertiary/aromatic N) is 1. The minimum absolute atomic E-state index is 0.165. The standard InChI is InChI=1S/C24H22N2O2/c1-27-23-22-19(12-15-26-23)20(16-6-3-2-4-7-16)21(28-22)17-8-10-18(11-9-17)24(25)13-5-14-24/h2-4,6-12,15H,5,13-14,25H2,1H3. The van der Waals surface area contributed by atoms with Crippen molar-refractivity contribution >= 4 is 11.0 Å². The van der Waals surface area contributed by atoms with Crippen LogP contribution in [0.1, 0.15) is 24.8 Å². The van der Waals surface area contributed by atoms with Crippen molar-refractivity contribution in [1.29, 1.82) is 0 Å². The van der Waals surface area contributed by atoms with E-state index >= 15 is 0 Å². The number of rotatable bonds is 4. The fourth-order valence-corrected chi connectivity index (χ4v) is 4.04. The monoisotopic (exact) mass is 370 g/mol. The maximum atomic E-state index is 6.48. The highest BCUT2D eigenvalue weighted by Gasteiger charge is 2.34. The maximum Gasteiger partial charge on any atom is 0.258 e. The van der Waals surface area contributed by atoms with Crippen molar-refractivity contribution in [3.63, 3.8) is 0 Å². The zero-order valence-corrected chi connectivity index (χ0v) is 15.8. The van der Waals surface area contributed by atoms with Gasteiger partial charge in [-0.3, -0.25) is 0 Å². The second-order valence-electron chi connectivity index (χ2n) is 7.46. The molecule has 0 aliphatic heterocycles. The van der Waals surface area contributed by atoms with Crippen LogP contribution in [-0.4, -0.2) is 12.1 Å². The predicted molar refractivity (Wildman–Crippen MR) is 111 cm³/mol. The van der Waals surface area contributed by atoms with Crippen LogP contribution in [0, 0.1) is 0 Å². The van der Waals surface area contributed by atoms with Crippen molar-refractivity contribution in [3.8, 4) is 28.3 Å². The minimum Gasteiger partial charge on any atom is -0.478 e. The second-order valence-corrected chi connectivity index (χ2v) is 7.46. The van der Waals surface area contributed by atoms with Crippen LogP contribution in [0.2, 0.25) is 0 Å². The highest BCUT2D eigenvalue weighted by Crippen LogP contribution is 2.44. The summed E-state index contributed by atoms with van der Waals surface area (Å²) in [5.74, 6) is 1.31. The van der Waals surface area contributed by atoms with E-state index in [0.717, 1.165) is 40.7 Å². The molecule has 0 bridgehead atoms. The van der Waals surface area contributed by atoms with Gasteiger partial charge in [0.1, 0.15) is 5.76 Å². The molecule has 0 atom stereocenters. The smallest absolute Gasteiger partial charge is 0.258 e. The van der Waals surface area contributed by atoms with E-state index in [-0.39, 0.29) is 5.54 Å². The van der Waals surface area contributed by atoms with E-state index < -0.39 is 0 Å². The van der Waals surface area contributed by atoms with Gasteiger partial charge in [-0.25, -0.2) is 4.98 Å². The molecule has 4 nitrogen and oxygen atoms in total. The Morgan fingerprint density at radius 1 is 0.964 bits per heavy atom. The van der Waals surface area contributed by atoms with Gasteiger partial charge in [-0.1, -0.05) is 54.6 Å². The summed E-state index contributed by atoms with van der Waals surface area (Å²) in [6.07, 6.45) is 5.06. The zero-order valence-electron chi connectivity index (χ0n) is 15.8. The Hall–Kier alpha value is -3.11. The molecule has 1 aliphatic rings. The fourth-order valence-electron chi connectivity index (χ4n) is 4.04. The minimum atomic E-state index is -0.165. The fraction of sp³-hybridized carbons (Fsp3) is 0.208. The molecule has 0 radical (unpaired) electrons. The largest absolute Gasteiger partial charge is 0.478 e. The normalized spacial score (nSPS) is 15.4. The SMILES string of the molecule is COc1nccc2c(-c3ccccc3)c(-c3ccc(C4(N)CCC4)cc3)oc12. The lowest BCUT2D eigenvalue weighted by atomic mass is 9.72. The summed E-state index contributed by atoms with van der Waals surface area (Å²) in [4.78, 5) is 4.30. The Kier molecular flexibility index (Phi) is 3.95. The van der Waals surface area contributed by atoms with Crippen LogP contribution < -0.4 is 10.5 Å². The molecule has 1 aliphatic carbocycles. The zero-order chi connectivity index (χ0) is 19.1. The topological polar surface area (TPSA) is 61.3 Å². The lowest BCUT2D eigenvalue weighted by molar-refractivity contribution is 0.253. The molecule has 2 heterocycles. The third kappa shape index (κ3) is 2.60. The van der Waals surface area contributed by atoms with Gasteiger partial charge in [0.2, 0.25) is 0 Å². The van der Waals surface area contributed by atoms with Crippen LogP contribution in [0.5, 0.6) is 5.88 Å². The first kappa shape index (κ1) is 17.0. The number of hydrogen-bond donors (Lipinski definition) is 1. The van der Waals surface area contributed by atoms with Crippen molar-refractivity contribution in [2.45, 2.75) is 24.8 Å². The number of hydrogen-bond acceptors (Lipinski definition) is 4. The van der Waals surface area contributed by atoms with Crippen molar-refractivity contribution in [3.05, 3.63) is 72.4 Å². The summed E-state index contributed by atoms with van der Waals surface area (Å²) in [7, 11) is 1.61. The molecule has 0 unspecified atom stereocenters. The Labute approximate surface area is 164 Å². The molecule has 4 aromatic rings. The average molecular weight is 370 g/mol. The average Bonchev–Trinajstić information content (AvgIpc) is 3.12. The van der Waals surface area contributed by atoms with E-state index in [0.29, 0.717) is 11.5 Å². The van der Waals surface area contributed by atoms with Crippen LogP contribution in [0.25, 0.3) is 33.4 Å². The van der Waals surface area contributed by atoms with E-state index in [2.05, 4.69) is 41.4 Å². The summed E-state index contributed by atoms with van der Waals surface area (Å²) in [6, 6.07) is 20.7. The summed E-state index contributed by atoms with van der Waals surface area (Å²) >= 11 is 0. The molecule has 2 N–H and O–H groups in total. The summed E-state index contributed by atoms with van der Waals surface area (Å²) in [5, 5.41) is 0.992. The van der Waals surface area contributed by atoms with Gasteiger partial charge in [0.15, 0.2) is 5.58 Å². The van der Waals surface area contributed by atoms with Gasteiger partial charge in [0, 0.05) is 28.2 Å². The van der Waals surface area contributed by atoms with E-state index in [1.165, 1.54) is 12.0 Å². The number of benzene rings is 2. The van der Waals surface area contributed by atoms with Gasteiger partial charge in [-0.15, -0.1) is 0 Å². The molecule has 140 valence electrons. The van der Waals surface area contributed by atoms with Gasteiger partial charge in [0.05, 0.1) is 7.11 Å². The van der Waals surface area contributed by atoms with E-state index in [1.807, 2.05) is 24.3 Å². The maximum absolute atomic E-state index is 6.48. The predicted octanol–water partition coefficient (Wildman–Crippen LogP) is 5.51. The number of nitrogens with two attached hydrogens (primary N) is 1. The highest BCUT2D eigenvalue weighted by atomic mass is 16.5. The Bertz CT molecular complexity index is 1130. The highest BCUT2D eigenvalue weighted by molar-refractivity contribution is 6.03. The number of furan rings is 1. The molecule has 4 heteroatoms. The van der Waals surface area contributed by atoms with E-state index in [4.69, 9.17) is 14.9 Å². The van der Waals surface area contributed by atoms with E-state index in [9.17, 15) is 0 Å². The van der Waals surface area contributed by atoms with Crippen LogP contribution >= 0.6 is 0 Å². The number of pyridine rings is 1. The lowest BCUT2D eigenvalue weighted by Crippen LogP contribution is -2.43. The van der Waals surface area contributed by atoms with E-state index in [1.54, 1.807) is 13.3 Å². The van der Waals surface area contributed by atoms with Gasteiger partial charge in [-0.05, 0) is 36.5 Å². The summed E-state index contributed by atoms with van der Waals surface area (Å²) in [6.45, 7) is 0. The Morgan fingerprint density at radius 2 is 1.71 bits per heavy atom. The first-order valence-corrected chi connectivity index (χ1v) is 9.60. The first-order valence-electron chi connectivity index (χ1n) is 9.60. The van der Waals surface area contributed by atoms with Gasteiger partial charge in [-0.2, -0.15) is 0 Å². The third-order valence-electron chi connectivity index (χ3n) is 5.80. The van der Waals surface area contributed by atoms with Gasteiger partial charge in [0.25, 0.3) is 5.88 Å². The molecule has 0 saturated heterocycles. The van der Waals surface area contributed by atoms with Gasteiger partial charge >= 0.3 is 0 Å². The lowest BCUT2D eigenvalue weighted by Gasteiger charge is -2.38. The Morgan fingerprint density at radius 3 is 2.36 bits per heavy atom. The van der Waals surface area contributed by atoms with Crippen molar-refractivity contribution < 1.29 is 9.15 Å². The van der Waals surface area contributed by atoms with Gasteiger partial charge < -0.3 is 14.9 Å². The summed E-state index contributed by atoms with van der Waals surface area (Å²) in [5.41, 5.74) is 11.3. The Balaban J connectivity index is 1.70. The van der Waals surface area contributed by atoms with Crippen LogP contribution in [0.3, 0.4) is 0 Å². The molecule has 2 aromatic carbocycles. The van der Waals surface area contributed by atoms with Crippen molar-refractivity contribution in [2.24, 2.45) is 5.73 Å². The van der Waals surface area contributed by atoms with Crippen molar-refractivity contribution in [2.75, 3.05) is 7.11 Å². The number of fused-ring (bicyclic) bond motifs is 1. The molecule has 1 fully saturated rings.